The van der Waals surface area contributed by atoms with Gasteiger partial charge < -0.3 is 9.84 Å². The van der Waals surface area contributed by atoms with Gasteiger partial charge >= 0.3 is 0 Å². The molecule has 1 fully saturated rings. The average Bonchev–Trinajstić information content (AvgIpc) is 2.44. The summed E-state index contributed by atoms with van der Waals surface area (Å²) in [7, 11) is 0. The van der Waals surface area contributed by atoms with Crippen LogP contribution in [-0.2, 0) is 4.74 Å². The predicted molar refractivity (Wildman–Crippen MR) is 31.1 cm³/mol. The summed E-state index contributed by atoms with van der Waals surface area (Å²) in [5.74, 6) is 0.470. The first-order valence-corrected chi connectivity index (χ1v) is 3.11. The third-order valence-electron chi connectivity index (χ3n) is 1.47. The van der Waals surface area contributed by atoms with E-state index >= 15 is 0 Å². The number of alkyl halides is 1. The standard InChI is InChI=1S/C5H9ClO2/c1-5(3-6)4(2-7)8-5/h4,7H,2-3H2,1H3/t4-,5-/m1/s1. The Morgan fingerprint density at radius 3 is 2.62 bits per heavy atom. The second-order valence-corrected chi connectivity index (χ2v) is 2.50. The lowest BCUT2D eigenvalue weighted by Crippen LogP contribution is -2.13. The first kappa shape index (κ1) is 6.33. The SMILES string of the molecule is C[C@]1(CCl)O[C@@H]1CO. The molecule has 0 unspecified atom stereocenters. The van der Waals surface area contributed by atoms with Gasteiger partial charge in [0, 0.05) is 0 Å². The molecule has 0 saturated carbocycles. The number of hydrogen-bond donors (Lipinski definition) is 1. The van der Waals surface area contributed by atoms with Crippen LogP contribution in [0.15, 0.2) is 0 Å². The molecule has 3 heteroatoms. The van der Waals surface area contributed by atoms with Gasteiger partial charge in [-0.1, -0.05) is 0 Å². The lowest BCUT2D eigenvalue weighted by molar-refractivity contribution is 0.238. The van der Waals surface area contributed by atoms with Gasteiger partial charge in [-0.05, 0) is 6.92 Å². The van der Waals surface area contributed by atoms with Gasteiger partial charge in [0.2, 0.25) is 0 Å². The van der Waals surface area contributed by atoms with Gasteiger partial charge in [-0.15, -0.1) is 11.6 Å². The van der Waals surface area contributed by atoms with Gasteiger partial charge in [0.25, 0.3) is 0 Å². The van der Waals surface area contributed by atoms with Gasteiger partial charge in [0.05, 0.1) is 12.5 Å². The molecule has 8 heavy (non-hydrogen) atoms. The maximum absolute atomic E-state index is 8.49. The molecule has 1 heterocycles. The summed E-state index contributed by atoms with van der Waals surface area (Å²) < 4.78 is 5.02. The molecule has 0 aromatic heterocycles. The summed E-state index contributed by atoms with van der Waals surface area (Å²) >= 11 is 5.48. The zero-order valence-corrected chi connectivity index (χ0v) is 5.48. The fraction of sp³-hybridized carbons (Fsp3) is 1.00. The Morgan fingerprint density at radius 2 is 2.50 bits per heavy atom. The van der Waals surface area contributed by atoms with Crippen LogP contribution in [0.3, 0.4) is 0 Å². The summed E-state index contributed by atoms with van der Waals surface area (Å²) in [6.07, 6.45) is -0.0139. The highest BCUT2D eigenvalue weighted by Crippen LogP contribution is 2.36. The van der Waals surface area contributed by atoms with Crippen molar-refractivity contribution in [1.82, 2.24) is 0 Å². The molecule has 0 aromatic rings. The Morgan fingerprint density at radius 1 is 1.88 bits per heavy atom. The third kappa shape index (κ3) is 0.835. The van der Waals surface area contributed by atoms with E-state index < -0.39 is 0 Å². The molecule has 1 aliphatic rings. The molecule has 0 bridgehead atoms. The Bertz CT molecular complexity index is 96.4. The van der Waals surface area contributed by atoms with Crippen LogP contribution < -0.4 is 0 Å². The van der Waals surface area contributed by atoms with Crippen molar-refractivity contribution in [3.63, 3.8) is 0 Å². The van der Waals surface area contributed by atoms with E-state index in [-0.39, 0.29) is 18.3 Å². The minimum atomic E-state index is -0.226. The first-order chi connectivity index (χ1) is 3.73. The Balaban J connectivity index is 2.31. The maximum Gasteiger partial charge on any atom is 0.111 e. The van der Waals surface area contributed by atoms with Gasteiger partial charge in [-0.25, -0.2) is 0 Å². The lowest BCUT2D eigenvalue weighted by Gasteiger charge is -1.94. The minimum Gasteiger partial charge on any atom is -0.394 e. The van der Waals surface area contributed by atoms with Gasteiger partial charge in [-0.2, -0.15) is 0 Å². The highest BCUT2D eigenvalue weighted by atomic mass is 35.5. The molecule has 0 spiro atoms. The van der Waals surface area contributed by atoms with Crippen molar-refractivity contribution < 1.29 is 9.84 Å². The van der Waals surface area contributed by atoms with E-state index in [0.717, 1.165) is 0 Å². The summed E-state index contributed by atoms with van der Waals surface area (Å²) in [6, 6.07) is 0. The topological polar surface area (TPSA) is 32.8 Å². The normalized spacial score (nSPS) is 44.6. The predicted octanol–water partition coefficient (Wildman–Crippen LogP) is 0.375. The molecule has 48 valence electrons. The van der Waals surface area contributed by atoms with E-state index in [1.807, 2.05) is 6.92 Å². The molecule has 0 aliphatic carbocycles. The van der Waals surface area contributed by atoms with Crippen molar-refractivity contribution >= 4 is 11.6 Å². The van der Waals surface area contributed by atoms with Crippen molar-refractivity contribution in [2.75, 3.05) is 12.5 Å². The van der Waals surface area contributed by atoms with Crippen molar-refractivity contribution in [1.29, 1.82) is 0 Å². The second-order valence-electron chi connectivity index (χ2n) is 2.24. The molecule has 1 N–H and O–H groups in total. The van der Waals surface area contributed by atoms with Crippen molar-refractivity contribution in [2.24, 2.45) is 0 Å². The van der Waals surface area contributed by atoms with Crippen LogP contribution in [0.4, 0.5) is 0 Å². The first-order valence-electron chi connectivity index (χ1n) is 2.57. The molecule has 0 amide bonds. The number of epoxide rings is 1. The largest absolute Gasteiger partial charge is 0.394 e. The van der Waals surface area contributed by atoms with E-state index in [4.69, 9.17) is 21.4 Å². The van der Waals surface area contributed by atoms with Crippen LogP contribution in [0.5, 0.6) is 0 Å². The maximum atomic E-state index is 8.49. The van der Waals surface area contributed by atoms with Crippen LogP contribution in [-0.4, -0.2) is 29.3 Å². The summed E-state index contributed by atoms with van der Waals surface area (Å²) in [5.41, 5.74) is -0.226. The number of ether oxygens (including phenoxy) is 1. The second kappa shape index (κ2) is 1.87. The van der Waals surface area contributed by atoms with Crippen molar-refractivity contribution in [3.8, 4) is 0 Å². The number of halogens is 1. The molecule has 0 radical (unpaired) electrons. The Labute approximate surface area is 53.4 Å². The summed E-state index contributed by atoms with van der Waals surface area (Å²) in [5, 5.41) is 8.49. The van der Waals surface area contributed by atoms with Gasteiger partial charge in [0.1, 0.15) is 11.7 Å². The zero-order chi connectivity index (χ0) is 6.20. The molecule has 0 aromatic carbocycles. The summed E-state index contributed by atoms with van der Waals surface area (Å²) in [6.45, 7) is 1.98. The molecule has 1 rings (SSSR count). The number of hydrogen-bond acceptors (Lipinski definition) is 2. The fourth-order valence-electron chi connectivity index (χ4n) is 0.639. The summed E-state index contributed by atoms with van der Waals surface area (Å²) in [4.78, 5) is 0. The fourth-order valence-corrected chi connectivity index (χ4v) is 0.874. The number of aliphatic hydroxyl groups is 1. The van der Waals surface area contributed by atoms with Crippen molar-refractivity contribution in [2.45, 2.75) is 18.6 Å². The molecule has 2 nitrogen and oxygen atoms in total. The van der Waals surface area contributed by atoms with Crippen LogP contribution in [0.1, 0.15) is 6.92 Å². The Hall–Kier alpha value is 0.210. The minimum absolute atomic E-state index is 0.0139. The average molecular weight is 137 g/mol. The van der Waals surface area contributed by atoms with Crippen LogP contribution in [0, 0.1) is 0 Å². The third-order valence-corrected chi connectivity index (χ3v) is 2.00. The van der Waals surface area contributed by atoms with E-state index in [0.29, 0.717) is 5.88 Å². The molecule has 2 atom stereocenters. The van der Waals surface area contributed by atoms with E-state index in [1.165, 1.54) is 0 Å². The number of rotatable bonds is 2. The number of aliphatic hydroxyl groups excluding tert-OH is 1. The smallest absolute Gasteiger partial charge is 0.111 e. The highest BCUT2D eigenvalue weighted by Gasteiger charge is 2.50. The van der Waals surface area contributed by atoms with Crippen LogP contribution >= 0.6 is 11.6 Å². The van der Waals surface area contributed by atoms with Crippen molar-refractivity contribution in [3.05, 3.63) is 0 Å². The van der Waals surface area contributed by atoms with E-state index in [2.05, 4.69) is 0 Å². The molecule has 1 saturated heterocycles. The monoisotopic (exact) mass is 136 g/mol. The molecule has 1 aliphatic heterocycles. The highest BCUT2D eigenvalue weighted by molar-refractivity contribution is 6.18. The van der Waals surface area contributed by atoms with E-state index in [1.54, 1.807) is 0 Å². The quantitative estimate of drug-likeness (QED) is 0.440. The lowest BCUT2D eigenvalue weighted by atomic mass is 10.1. The zero-order valence-electron chi connectivity index (χ0n) is 4.72. The van der Waals surface area contributed by atoms with Gasteiger partial charge in [0.15, 0.2) is 0 Å². The molecular formula is C5H9ClO2. The molecular weight excluding hydrogens is 128 g/mol. The Kier molecular flexibility index (Phi) is 1.48. The van der Waals surface area contributed by atoms with Gasteiger partial charge in [-0.3, -0.25) is 0 Å². The van der Waals surface area contributed by atoms with E-state index in [9.17, 15) is 0 Å². The van der Waals surface area contributed by atoms with Crippen LogP contribution in [0.25, 0.3) is 0 Å². The van der Waals surface area contributed by atoms with Crippen LogP contribution in [0.2, 0.25) is 0 Å².